The van der Waals surface area contributed by atoms with Crippen LogP contribution in [0, 0.1) is 12.8 Å². The van der Waals surface area contributed by atoms with Crippen molar-refractivity contribution in [3.8, 4) is 0 Å². The predicted molar refractivity (Wildman–Crippen MR) is 78.4 cm³/mol. The van der Waals surface area contributed by atoms with Gasteiger partial charge in [-0.3, -0.25) is 9.48 Å². The highest BCUT2D eigenvalue weighted by Crippen LogP contribution is 2.40. The first-order chi connectivity index (χ1) is 10.1. The van der Waals surface area contributed by atoms with Crippen molar-refractivity contribution >= 4 is 5.91 Å². The molecule has 2 aromatic rings. The number of imidazole rings is 1. The standard InChI is InChI=1S/C15H21N5O/c1-11-5-7-17-20(11)9-6-13(21)18-14(12-3-4-12)15-16-8-10-19(15)2/h5,7-8,10,12,14H,3-4,6,9H2,1-2H3,(H,18,21). The molecule has 21 heavy (non-hydrogen) atoms. The Hall–Kier alpha value is -2.11. The van der Waals surface area contributed by atoms with Gasteiger partial charge in [-0.1, -0.05) is 0 Å². The fraction of sp³-hybridized carbons (Fsp3) is 0.533. The number of aromatic nitrogens is 4. The molecule has 1 fully saturated rings. The van der Waals surface area contributed by atoms with Crippen LogP contribution < -0.4 is 5.32 Å². The molecule has 1 saturated carbocycles. The maximum atomic E-state index is 12.2. The zero-order chi connectivity index (χ0) is 14.8. The summed E-state index contributed by atoms with van der Waals surface area (Å²) < 4.78 is 3.84. The summed E-state index contributed by atoms with van der Waals surface area (Å²) in [6, 6.07) is 1.98. The number of nitrogens with one attached hydrogen (secondary N) is 1. The molecule has 3 rings (SSSR count). The Labute approximate surface area is 124 Å². The van der Waals surface area contributed by atoms with E-state index in [2.05, 4.69) is 15.4 Å². The summed E-state index contributed by atoms with van der Waals surface area (Å²) in [7, 11) is 1.97. The lowest BCUT2D eigenvalue weighted by atomic mass is 10.1. The molecule has 0 aliphatic heterocycles. The van der Waals surface area contributed by atoms with Crippen LogP contribution >= 0.6 is 0 Å². The van der Waals surface area contributed by atoms with E-state index in [9.17, 15) is 4.79 Å². The summed E-state index contributed by atoms with van der Waals surface area (Å²) in [5, 5.41) is 7.34. The molecule has 2 aromatic heterocycles. The van der Waals surface area contributed by atoms with Crippen molar-refractivity contribution in [3.63, 3.8) is 0 Å². The lowest BCUT2D eigenvalue weighted by molar-refractivity contribution is -0.122. The van der Waals surface area contributed by atoms with Crippen molar-refractivity contribution in [1.82, 2.24) is 24.6 Å². The first-order valence-corrected chi connectivity index (χ1v) is 7.40. The highest BCUT2D eigenvalue weighted by Gasteiger charge is 2.35. The van der Waals surface area contributed by atoms with Crippen LogP contribution in [0.1, 0.15) is 36.8 Å². The van der Waals surface area contributed by atoms with Crippen LogP contribution in [0.15, 0.2) is 24.7 Å². The minimum Gasteiger partial charge on any atom is -0.346 e. The van der Waals surface area contributed by atoms with Crippen molar-refractivity contribution in [2.24, 2.45) is 13.0 Å². The summed E-state index contributed by atoms with van der Waals surface area (Å²) in [5.41, 5.74) is 1.07. The summed E-state index contributed by atoms with van der Waals surface area (Å²) in [5.74, 6) is 1.53. The minimum absolute atomic E-state index is 0.0382. The largest absolute Gasteiger partial charge is 0.346 e. The summed E-state index contributed by atoms with van der Waals surface area (Å²) in [6.07, 6.45) is 8.23. The van der Waals surface area contributed by atoms with E-state index in [0.29, 0.717) is 18.9 Å². The zero-order valence-electron chi connectivity index (χ0n) is 12.5. The third-order valence-electron chi connectivity index (χ3n) is 4.03. The molecule has 6 nitrogen and oxygen atoms in total. The molecule has 2 heterocycles. The topological polar surface area (TPSA) is 64.7 Å². The molecule has 0 spiro atoms. The number of amides is 1. The molecular formula is C15H21N5O. The van der Waals surface area contributed by atoms with Crippen LogP contribution in [0.25, 0.3) is 0 Å². The highest BCUT2D eigenvalue weighted by molar-refractivity contribution is 5.76. The van der Waals surface area contributed by atoms with Gasteiger partial charge in [0.05, 0.1) is 6.04 Å². The van der Waals surface area contributed by atoms with Crippen molar-refractivity contribution in [2.75, 3.05) is 0 Å². The van der Waals surface area contributed by atoms with Gasteiger partial charge in [-0.15, -0.1) is 0 Å². The smallest absolute Gasteiger partial charge is 0.222 e. The molecule has 1 amide bonds. The van der Waals surface area contributed by atoms with Gasteiger partial charge in [0.1, 0.15) is 5.82 Å². The normalized spacial score (nSPS) is 15.9. The number of nitrogens with zero attached hydrogens (tertiary/aromatic N) is 4. The molecule has 1 atom stereocenters. The average molecular weight is 287 g/mol. The number of hydrogen-bond acceptors (Lipinski definition) is 3. The first kappa shape index (κ1) is 13.9. The summed E-state index contributed by atoms with van der Waals surface area (Å²) in [4.78, 5) is 16.6. The van der Waals surface area contributed by atoms with E-state index in [4.69, 9.17) is 0 Å². The van der Waals surface area contributed by atoms with E-state index in [1.165, 1.54) is 0 Å². The van der Waals surface area contributed by atoms with Crippen molar-refractivity contribution in [2.45, 2.75) is 38.8 Å². The predicted octanol–water partition coefficient (Wildman–Crippen LogP) is 1.58. The fourth-order valence-corrected chi connectivity index (χ4v) is 2.59. The first-order valence-electron chi connectivity index (χ1n) is 7.40. The number of carbonyl (C=O) groups excluding carboxylic acids is 1. The molecule has 112 valence electrons. The maximum absolute atomic E-state index is 12.2. The van der Waals surface area contributed by atoms with Crippen molar-refractivity contribution in [3.05, 3.63) is 36.2 Å². The van der Waals surface area contributed by atoms with E-state index >= 15 is 0 Å². The van der Waals surface area contributed by atoms with Crippen molar-refractivity contribution < 1.29 is 4.79 Å². The number of aryl methyl sites for hydroxylation is 3. The van der Waals surface area contributed by atoms with Gasteiger partial charge in [0.2, 0.25) is 5.91 Å². The molecule has 0 bridgehead atoms. The Morgan fingerprint density at radius 2 is 2.29 bits per heavy atom. The molecular weight excluding hydrogens is 266 g/mol. The quantitative estimate of drug-likeness (QED) is 0.877. The van der Waals surface area contributed by atoms with Crippen LogP contribution in [-0.4, -0.2) is 25.2 Å². The molecule has 6 heteroatoms. The van der Waals surface area contributed by atoms with Gasteiger partial charge in [-0.2, -0.15) is 5.10 Å². The van der Waals surface area contributed by atoms with Gasteiger partial charge >= 0.3 is 0 Å². The van der Waals surface area contributed by atoms with Crippen LogP contribution in [0.2, 0.25) is 0 Å². The third kappa shape index (κ3) is 3.15. The molecule has 0 saturated heterocycles. The molecule has 1 N–H and O–H groups in total. The van der Waals surface area contributed by atoms with E-state index < -0.39 is 0 Å². The van der Waals surface area contributed by atoms with Gasteiger partial charge in [-0.05, 0) is 31.7 Å². The highest BCUT2D eigenvalue weighted by atomic mass is 16.1. The fourth-order valence-electron chi connectivity index (χ4n) is 2.59. The minimum atomic E-state index is 0.0382. The molecule has 0 radical (unpaired) electrons. The molecule has 0 aromatic carbocycles. The van der Waals surface area contributed by atoms with Gasteiger partial charge in [-0.25, -0.2) is 4.98 Å². The summed E-state index contributed by atoms with van der Waals surface area (Å²) in [6.45, 7) is 2.61. The number of hydrogen-bond donors (Lipinski definition) is 1. The molecule has 1 aliphatic carbocycles. The molecule has 1 aliphatic rings. The van der Waals surface area contributed by atoms with Crippen LogP contribution in [0.3, 0.4) is 0 Å². The Kier molecular flexibility index (Phi) is 3.77. The monoisotopic (exact) mass is 287 g/mol. The lowest BCUT2D eigenvalue weighted by Crippen LogP contribution is -2.32. The van der Waals surface area contributed by atoms with Gasteiger partial charge in [0.25, 0.3) is 0 Å². The second-order valence-corrected chi connectivity index (χ2v) is 5.72. The summed E-state index contributed by atoms with van der Waals surface area (Å²) >= 11 is 0. The van der Waals surface area contributed by atoms with E-state index in [1.807, 2.05) is 35.5 Å². The lowest BCUT2D eigenvalue weighted by Gasteiger charge is -2.18. The van der Waals surface area contributed by atoms with Gasteiger partial charge in [0, 0.05) is 44.3 Å². The number of rotatable bonds is 6. The van der Waals surface area contributed by atoms with Gasteiger partial charge in [0.15, 0.2) is 0 Å². The van der Waals surface area contributed by atoms with Crippen LogP contribution in [0.5, 0.6) is 0 Å². The zero-order valence-corrected chi connectivity index (χ0v) is 12.5. The molecule has 1 unspecified atom stereocenters. The van der Waals surface area contributed by atoms with E-state index in [1.54, 1.807) is 12.4 Å². The van der Waals surface area contributed by atoms with Gasteiger partial charge < -0.3 is 9.88 Å². The SMILES string of the molecule is Cc1ccnn1CCC(=O)NC(c1nccn1C)C1CC1. The van der Waals surface area contributed by atoms with E-state index in [0.717, 1.165) is 24.4 Å². The van der Waals surface area contributed by atoms with E-state index in [-0.39, 0.29) is 11.9 Å². The van der Waals surface area contributed by atoms with Crippen LogP contribution in [0.4, 0.5) is 0 Å². The number of carbonyl (C=O) groups is 1. The van der Waals surface area contributed by atoms with Crippen molar-refractivity contribution in [1.29, 1.82) is 0 Å². The Balaban J connectivity index is 1.60. The van der Waals surface area contributed by atoms with Crippen LogP contribution in [-0.2, 0) is 18.4 Å². The Morgan fingerprint density at radius 3 is 2.86 bits per heavy atom. The Morgan fingerprint density at radius 1 is 1.48 bits per heavy atom. The second-order valence-electron chi connectivity index (χ2n) is 5.72. The average Bonchev–Trinajstić information content (AvgIpc) is 3.09. The maximum Gasteiger partial charge on any atom is 0.222 e. The Bertz CT molecular complexity index is 626. The third-order valence-corrected chi connectivity index (χ3v) is 4.03. The second kappa shape index (κ2) is 5.71.